The molecule has 0 radical (unpaired) electrons. The summed E-state index contributed by atoms with van der Waals surface area (Å²) in [6, 6.07) is 9.08. The van der Waals surface area contributed by atoms with Gasteiger partial charge in [0.1, 0.15) is 12.1 Å². The normalized spacial score (nSPS) is 10.8. The van der Waals surface area contributed by atoms with Gasteiger partial charge in [-0.15, -0.1) is 0 Å². The number of carbonyl (C=O) groups excluding carboxylic acids is 1. The Hall–Kier alpha value is -3.12. The molecule has 2 heterocycles. The molecule has 3 rings (SSSR count). The summed E-state index contributed by atoms with van der Waals surface area (Å²) in [4.78, 5) is 29.8. The number of oxazole rings is 1. The Morgan fingerprint density at radius 1 is 1.30 bits per heavy atom. The first-order valence-electron chi connectivity index (χ1n) is 10.3. The standard InChI is InChI=1S/C23H23Cl2N5O3/c1-14-5-8-30(9-6-19-22(25)33-21(29-19)4-7-26)23(32)18(14)11-20(31)28-13-16-10-17(24)3-2-15(16)12-27/h2-3,5,8,10H,4,6,9,11-13,27H2,1H3,(H,28,31). The van der Waals surface area contributed by atoms with E-state index in [9.17, 15) is 9.59 Å². The van der Waals surface area contributed by atoms with Gasteiger partial charge in [0.2, 0.25) is 17.0 Å². The van der Waals surface area contributed by atoms with Crippen molar-refractivity contribution in [2.24, 2.45) is 5.73 Å². The van der Waals surface area contributed by atoms with E-state index < -0.39 is 0 Å². The van der Waals surface area contributed by atoms with Crippen LogP contribution in [0.2, 0.25) is 10.2 Å². The van der Waals surface area contributed by atoms with Gasteiger partial charge in [-0.1, -0.05) is 17.7 Å². The van der Waals surface area contributed by atoms with Crippen LogP contribution in [0.3, 0.4) is 0 Å². The molecule has 0 aliphatic rings. The molecule has 0 spiro atoms. The average Bonchev–Trinajstić information content (AvgIpc) is 3.14. The fourth-order valence-electron chi connectivity index (χ4n) is 3.38. The maximum absolute atomic E-state index is 13.0. The van der Waals surface area contributed by atoms with E-state index in [-0.39, 0.29) is 42.0 Å². The van der Waals surface area contributed by atoms with Crippen molar-refractivity contribution >= 4 is 29.1 Å². The molecule has 1 aromatic carbocycles. The molecule has 33 heavy (non-hydrogen) atoms. The highest BCUT2D eigenvalue weighted by Gasteiger charge is 2.15. The Morgan fingerprint density at radius 2 is 2.09 bits per heavy atom. The molecule has 0 saturated heterocycles. The molecule has 0 aliphatic heterocycles. The van der Waals surface area contributed by atoms with Crippen LogP contribution in [-0.2, 0) is 43.7 Å². The van der Waals surface area contributed by atoms with Gasteiger partial charge in [0, 0.05) is 42.8 Å². The van der Waals surface area contributed by atoms with E-state index in [0.717, 1.165) is 16.7 Å². The van der Waals surface area contributed by atoms with E-state index in [2.05, 4.69) is 10.3 Å². The minimum Gasteiger partial charge on any atom is -0.428 e. The molecule has 0 aliphatic carbocycles. The van der Waals surface area contributed by atoms with Gasteiger partial charge < -0.3 is 20.0 Å². The zero-order valence-corrected chi connectivity index (χ0v) is 19.5. The van der Waals surface area contributed by atoms with E-state index in [1.807, 2.05) is 12.1 Å². The molecule has 0 unspecified atom stereocenters. The summed E-state index contributed by atoms with van der Waals surface area (Å²) >= 11 is 12.1. The van der Waals surface area contributed by atoms with Crippen LogP contribution in [0.5, 0.6) is 0 Å². The van der Waals surface area contributed by atoms with E-state index >= 15 is 0 Å². The average molecular weight is 488 g/mol. The number of benzene rings is 1. The highest BCUT2D eigenvalue weighted by Crippen LogP contribution is 2.19. The highest BCUT2D eigenvalue weighted by atomic mass is 35.5. The maximum atomic E-state index is 13.0. The molecule has 1 amide bonds. The SMILES string of the molecule is Cc1ccn(CCc2nc(CC#N)oc2Cl)c(=O)c1CC(=O)NCc1cc(Cl)ccc1CN. The van der Waals surface area contributed by atoms with Crippen LogP contribution in [0.1, 0.15) is 33.8 Å². The van der Waals surface area contributed by atoms with Crippen LogP contribution in [0.25, 0.3) is 0 Å². The Labute approximate surface area is 200 Å². The smallest absolute Gasteiger partial charge is 0.254 e. The molecule has 172 valence electrons. The lowest BCUT2D eigenvalue weighted by Crippen LogP contribution is -2.31. The van der Waals surface area contributed by atoms with Gasteiger partial charge in [0.15, 0.2) is 0 Å². The number of carbonyl (C=O) groups is 1. The number of pyridine rings is 1. The summed E-state index contributed by atoms with van der Waals surface area (Å²) in [5, 5.41) is 12.3. The summed E-state index contributed by atoms with van der Waals surface area (Å²) in [5.41, 5.74) is 8.84. The van der Waals surface area contributed by atoms with Gasteiger partial charge in [0.25, 0.3) is 5.56 Å². The fourth-order valence-corrected chi connectivity index (χ4v) is 3.80. The van der Waals surface area contributed by atoms with E-state index in [1.165, 1.54) is 4.57 Å². The third-order valence-electron chi connectivity index (χ3n) is 5.21. The number of aryl methyl sites for hydroxylation is 3. The molecule has 0 saturated carbocycles. The second-order valence-corrected chi connectivity index (χ2v) is 8.24. The van der Waals surface area contributed by atoms with Gasteiger partial charge in [-0.3, -0.25) is 9.59 Å². The number of hydrogen-bond acceptors (Lipinski definition) is 6. The molecular weight excluding hydrogens is 465 g/mol. The van der Waals surface area contributed by atoms with Crippen LogP contribution in [-0.4, -0.2) is 15.5 Å². The number of amides is 1. The first-order valence-corrected chi connectivity index (χ1v) is 11.0. The van der Waals surface area contributed by atoms with Crippen LogP contribution in [0.4, 0.5) is 0 Å². The molecular formula is C23H23Cl2N5O3. The van der Waals surface area contributed by atoms with Crippen molar-refractivity contribution in [2.45, 2.75) is 45.8 Å². The molecule has 0 atom stereocenters. The van der Waals surface area contributed by atoms with Gasteiger partial charge in [0.05, 0.1) is 12.5 Å². The Bertz CT molecular complexity index is 1260. The summed E-state index contributed by atoms with van der Waals surface area (Å²) in [6.07, 6.45) is 1.98. The lowest BCUT2D eigenvalue weighted by atomic mass is 10.1. The predicted octanol–water partition coefficient (Wildman–Crippen LogP) is 3.08. The van der Waals surface area contributed by atoms with Crippen molar-refractivity contribution in [3.63, 3.8) is 0 Å². The van der Waals surface area contributed by atoms with Gasteiger partial charge >= 0.3 is 0 Å². The maximum Gasteiger partial charge on any atom is 0.254 e. The van der Waals surface area contributed by atoms with Crippen molar-refractivity contribution in [3.8, 4) is 6.07 Å². The van der Waals surface area contributed by atoms with Crippen LogP contribution in [0, 0.1) is 18.3 Å². The fraction of sp³-hybridized carbons (Fsp3) is 0.304. The lowest BCUT2D eigenvalue weighted by Gasteiger charge is -2.12. The first kappa shape index (κ1) is 24.5. The van der Waals surface area contributed by atoms with E-state index in [4.69, 9.17) is 38.6 Å². The Morgan fingerprint density at radius 3 is 2.82 bits per heavy atom. The minimum atomic E-state index is -0.281. The molecule has 0 fully saturated rings. The van der Waals surface area contributed by atoms with Crippen molar-refractivity contribution < 1.29 is 9.21 Å². The Balaban J connectivity index is 1.68. The van der Waals surface area contributed by atoms with Crippen molar-refractivity contribution in [2.75, 3.05) is 0 Å². The van der Waals surface area contributed by atoms with E-state index in [1.54, 1.807) is 31.3 Å². The zero-order chi connectivity index (χ0) is 24.0. The Kier molecular flexibility index (Phi) is 8.28. The molecule has 2 aromatic heterocycles. The van der Waals surface area contributed by atoms with Gasteiger partial charge in [-0.25, -0.2) is 4.98 Å². The number of nitriles is 1. The summed E-state index contributed by atoms with van der Waals surface area (Å²) in [7, 11) is 0. The van der Waals surface area contributed by atoms with Crippen molar-refractivity contribution in [1.29, 1.82) is 5.26 Å². The summed E-state index contributed by atoms with van der Waals surface area (Å²) < 4.78 is 6.74. The number of nitrogens with zero attached hydrogens (tertiary/aromatic N) is 3. The second-order valence-electron chi connectivity index (χ2n) is 7.46. The molecule has 3 N–H and O–H groups in total. The highest BCUT2D eigenvalue weighted by molar-refractivity contribution is 6.30. The number of rotatable bonds is 9. The molecule has 3 aromatic rings. The summed E-state index contributed by atoms with van der Waals surface area (Å²) in [6.45, 7) is 2.69. The molecule has 8 nitrogen and oxygen atoms in total. The predicted molar refractivity (Wildman–Crippen MR) is 125 cm³/mol. The van der Waals surface area contributed by atoms with Crippen molar-refractivity contribution in [3.05, 3.63) is 84.9 Å². The zero-order valence-electron chi connectivity index (χ0n) is 18.0. The largest absolute Gasteiger partial charge is 0.428 e. The minimum absolute atomic E-state index is 0.0193. The van der Waals surface area contributed by atoms with Crippen LogP contribution < -0.4 is 16.6 Å². The third kappa shape index (κ3) is 6.23. The number of aromatic nitrogens is 2. The molecule has 10 heteroatoms. The number of nitrogens with one attached hydrogen (secondary N) is 1. The third-order valence-corrected chi connectivity index (χ3v) is 5.75. The molecule has 0 bridgehead atoms. The quantitative estimate of drug-likeness (QED) is 0.477. The van der Waals surface area contributed by atoms with Gasteiger partial charge in [-0.05, 0) is 53.4 Å². The topological polar surface area (TPSA) is 127 Å². The van der Waals surface area contributed by atoms with Crippen molar-refractivity contribution in [1.82, 2.24) is 14.9 Å². The lowest BCUT2D eigenvalue weighted by molar-refractivity contribution is -0.120. The van der Waals surface area contributed by atoms with Gasteiger partial charge in [-0.2, -0.15) is 5.26 Å². The first-order chi connectivity index (χ1) is 15.8. The number of halogens is 2. The number of nitrogens with two attached hydrogens (primary N) is 1. The van der Waals surface area contributed by atoms with E-state index in [0.29, 0.717) is 35.8 Å². The monoisotopic (exact) mass is 487 g/mol. The second kappa shape index (κ2) is 11.1. The summed E-state index contributed by atoms with van der Waals surface area (Å²) in [5.74, 6) is -0.0415. The van der Waals surface area contributed by atoms with Crippen LogP contribution in [0.15, 0.2) is 39.7 Å². The van der Waals surface area contributed by atoms with Crippen LogP contribution >= 0.6 is 23.2 Å². The number of hydrogen-bond donors (Lipinski definition) is 2.